The van der Waals surface area contributed by atoms with Crippen molar-refractivity contribution in [2.24, 2.45) is 5.92 Å². The van der Waals surface area contributed by atoms with Crippen molar-refractivity contribution >= 4 is 24.0 Å². The largest absolute Gasteiger partial charge is 0.453 e. The highest BCUT2D eigenvalue weighted by Gasteiger charge is 2.51. The molecular formula is C45H56N8O6. The van der Waals surface area contributed by atoms with Crippen molar-refractivity contribution in [2.45, 2.75) is 113 Å². The lowest BCUT2D eigenvalue weighted by molar-refractivity contribution is -0.135. The minimum atomic E-state index is -0.852. The van der Waals surface area contributed by atoms with Gasteiger partial charge in [-0.1, -0.05) is 68.4 Å². The first-order valence-corrected chi connectivity index (χ1v) is 21.1. The third kappa shape index (κ3) is 7.69. The van der Waals surface area contributed by atoms with E-state index in [1.54, 1.807) is 0 Å². The molecule has 14 heteroatoms. The summed E-state index contributed by atoms with van der Waals surface area (Å²) in [4.78, 5) is 72.5. The number of amides is 4. The average Bonchev–Trinajstić information content (AvgIpc) is 4.12. The molecule has 9 rings (SSSR count). The number of hydrogen-bond donors (Lipinski definition) is 4. The highest BCUT2D eigenvalue weighted by Crippen LogP contribution is 2.58. The van der Waals surface area contributed by atoms with Crippen LogP contribution >= 0.6 is 0 Å². The summed E-state index contributed by atoms with van der Waals surface area (Å²) in [5, 5.41) is 5.47. The van der Waals surface area contributed by atoms with E-state index in [1.807, 2.05) is 66.4 Å². The Bertz CT molecular complexity index is 2120. The van der Waals surface area contributed by atoms with E-state index in [4.69, 9.17) is 19.4 Å². The number of benzene rings is 2. The average molecular weight is 805 g/mol. The second kappa shape index (κ2) is 16.5. The topological polar surface area (TPSA) is 175 Å². The Morgan fingerprint density at radius 1 is 0.712 bits per heavy atom. The maximum Gasteiger partial charge on any atom is 0.407 e. The van der Waals surface area contributed by atoms with E-state index in [1.165, 1.54) is 25.5 Å². The number of methoxy groups -OCH3 is 2. The van der Waals surface area contributed by atoms with E-state index in [0.29, 0.717) is 18.7 Å². The zero-order valence-corrected chi connectivity index (χ0v) is 34.5. The lowest BCUT2D eigenvalue weighted by atomic mass is 9.51. The summed E-state index contributed by atoms with van der Waals surface area (Å²) in [6.07, 6.45) is 12.4. The molecule has 2 aromatic carbocycles. The van der Waals surface area contributed by atoms with Crippen LogP contribution in [0.1, 0.15) is 125 Å². The fraction of sp³-hybridized carbons (Fsp3) is 0.511. The second-order valence-corrected chi connectivity index (χ2v) is 17.2. The van der Waals surface area contributed by atoms with Gasteiger partial charge in [-0.05, 0) is 92.2 Å². The molecule has 2 bridgehead atoms. The van der Waals surface area contributed by atoms with Gasteiger partial charge >= 0.3 is 12.2 Å². The van der Waals surface area contributed by atoms with E-state index in [9.17, 15) is 19.2 Å². The second-order valence-electron chi connectivity index (χ2n) is 17.2. The van der Waals surface area contributed by atoms with Gasteiger partial charge in [0.1, 0.15) is 23.7 Å². The smallest absolute Gasteiger partial charge is 0.407 e. The van der Waals surface area contributed by atoms with Gasteiger partial charge in [0.15, 0.2) is 0 Å². The normalized spacial score (nSPS) is 24.8. The maximum absolute atomic E-state index is 14.0. The van der Waals surface area contributed by atoms with E-state index in [0.717, 1.165) is 87.1 Å². The molecule has 5 fully saturated rings. The number of nitrogens with zero attached hydrogens (tertiary/aromatic N) is 4. The number of H-pyrrole nitrogens is 2. The van der Waals surface area contributed by atoms with Crippen LogP contribution in [0.4, 0.5) is 9.59 Å². The summed E-state index contributed by atoms with van der Waals surface area (Å²) in [7, 11) is 2.60. The van der Waals surface area contributed by atoms with Gasteiger partial charge in [0.2, 0.25) is 5.91 Å². The fourth-order valence-corrected chi connectivity index (χ4v) is 10.2. The van der Waals surface area contributed by atoms with Crippen LogP contribution in [0, 0.1) is 5.92 Å². The van der Waals surface area contributed by atoms with Crippen LogP contribution in [-0.2, 0) is 29.9 Å². The Morgan fingerprint density at radius 3 is 1.88 bits per heavy atom. The number of ether oxygens (including phenoxy) is 2. The zero-order chi connectivity index (χ0) is 41.3. The summed E-state index contributed by atoms with van der Waals surface area (Å²) < 4.78 is 9.65. The Kier molecular flexibility index (Phi) is 11.2. The Morgan fingerprint density at radius 2 is 1.27 bits per heavy atom. The SMILES string of the molecule is COC(=O)N[C@H](C(=O)N1CCC[C@H]1c1ncc(-c2ccc(C34CCC(c5cnc([C@@H]6CCCN6C(=O)[C@H](NC(=O)OC)c6ccccc6)[nH]5)(CC3)CC4)cc2)[nH]1)C(C)C. The molecule has 2 aliphatic heterocycles. The monoisotopic (exact) mass is 804 g/mol. The number of rotatable bonds is 11. The summed E-state index contributed by atoms with van der Waals surface area (Å²) >= 11 is 0. The molecule has 5 aliphatic rings. The van der Waals surface area contributed by atoms with Gasteiger partial charge in [-0.3, -0.25) is 9.59 Å². The van der Waals surface area contributed by atoms with Gasteiger partial charge in [-0.2, -0.15) is 0 Å². The van der Waals surface area contributed by atoms with Crippen LogP contribution in [0.2, 0.25) is 0 Å². The quantitative estimate of drug-likeness (QED) is 0.124. The number of hydrogen-bond acceptors (Lipinski definition) is 8. The molecule has 4 N–H and O–H groups in total. The molecule has 3 aliphatic carbocycles. The molecule has 0 unspecified atom stereocenters. The van der Waals surface area contributed by atoms with Gasteiger partial charge in [0.25, 0.3) is 5.91 Å². The van der Waals surface area contributed by atoms with Crippen LogP contribution in [0.3, 0.4) is 0 Å². The molecule has 0 radical (unpaired) electrons. The van der Waals surface area contributed by atoms with E-state index < -0.39 is 24.3 Å². The molecule has 2 aromatic heterocycles. The molecule has 4 amide bonds. The molecule has 4 atom stereocenters. The van der Waals surface area contributed by atoms with Gasteiger partial charge in [-0.25, -0.2) is 19.6 Å². The van der Waals surface area contributed by atoms with Crippen molar-refractivity contribution in [1.29, 1.82) is 0 Å². The summed E-state index contributed by atoms with van der Waals surface area (Å²) in [6.45, 7) is 5.03. The minimum Gasteiger partial charge on any atom is -0.453 e. The van der Waals surface area contributed by atoms with Crippen molar-refractivity contribution in [3.63, 3.8) is 0 Å². The molecule has 3 saturated carbocycles. The van der Waals surface area contributed by atoms with Crippen molar-refractivity contribution in [2.75, 3.05) is 27.3 Å². The minimum absolute atomic E-state index is 0.0335. The van der Waals surface area contributed by atoms with Gasteiger partial charge < -0.3 is 39.9 Å². The third-order valence-electron chi connectivity index (χ3n) is 13.7. The number of nitrogens with one attached hydrogen (secondary N) is 4. The lowest BCUT2D eigenvalue weighted by Crippen LogP contribution is -2.51. The summed E-state index contributed by atoms with van der Waals surface area (Å²) in [5.74, 6) is 1.18. The number of carbonyl (C=O) groups is 4. The highest BCUT2D eigenvalue weighted by molar-refractivity contribution is 5.88. The number of alkyl carbamates (subject to hydrolysis) is 2. The number of aromatic nitrogens is 4. The van der Waals surface area contributed by atoms with Crippen molar-refractivity contribution < 1.29 is 28.7 Å². The lowest BCUT2D eigenvalue weighted by Gasteiger charge is -2.53. The Labute approximate surface area is 345 Å². The molecule has 312 valence electrons. The first-order chi connectivity index (χ1) is 28.5. The van der Waals surface area contributed by atoms with Crippen molar-refractivity contribution in [3.8, 4) is 11.3 Å². The predicted molar refractivity (Wildman–Crippen MR) is 220 cm³/mol. The van der Waals surface area contributed by atoms with Gasteiger partial charge in [0, 0.05) is 30.4 Å². The van der Waals surface area contributed by atoms with Crippen LogP contribution in [0.25, 0.3) is 11.3 Å². The van der Waals surface area contributed by atoms with Crippen LogP contribution in [0.15, 0.2) is 67.0 Å². The van der Waals surface area contributed by atoms with Gasteiger partial charge in [-0.15, -0.1) is 0 Å². The fourth-order valence-electron chi connectivity index (χ4n) is 10.2. The first kappa shape index (κ1) is 40.1. The van der Waals surface area contributed by atoms with Gasteiger partial charge in [0.05, 0.1) is 38.2 Å². The number of imidazole rings is 2. The van der Waals surface area contributed by atoms with Crippen LogP contribution < -0.4 is 10.6 Å². The van der Waals surface area contributed by atoms with E-state index in [-0.39, 0.29) is 40.6 Å². The standard InChI is InChI=1S/C45H56N8O6/c1-28(2)36(50-42(56)58-3)40(54)52-24-8-12-33(52)38-46-26-32(48-38)29-14-16-31(17-15-29)44-18-21-45(22-19-44,23-20-44)35-27-47-39(49-35)34-13-9-25-53(34)41(55)37(51-43(57)59-4)30-10-6-5-7-11-30/h5-7,10-11,14-17,26-28,33-34,36-37H,8-9,12-13,18-25H2,1-4H3,(H,46,48)(H,47,49)(H,50,56)(H,51,57)/t33-,34-,36-,37+,44?,45?/m0/s1. The number of carbonyl (C=O) groups excluding carboxylic acids is 4. The molecule has 59 heavy (non-hydrogen) atoms. The summed E-state index contributed by atoms with van der Waals surface area (Å²) in [5.41, 5.74) is 5.37. The van der Waals surface area contributed by atoms with E-state index in [2.05, 4.69) is 44.9 Å². The van der Waals surface area contributed by atoms with E-state index >= 15 is 0 Å². The molecule has 4 heterocycles. The number of aromatic amines is 2. The molecular weight excluding hydrogens is 749 g/mol. The molecule has 4 aromatic rings. The number of fused-ring (bicyclic) bond motifs is 3. The Balaban J connectivity index is 0.917. The third-order valence-corrected chi connectivity index (χ3v) is 13.7. The Hall–Kier alpha value is -5.66. The van der Waals surface area contributed by atoms with Crippen molar-refractivity contribution in [3.05, 3.63) is 95.5 Å². The first-order valence-electron chi connectivity index (χ1n) is 21.1. The van der Waals surface area contributed by atoms with Crippen LogP contribution in [-0.4, -0.2) is 87.1 Å². The number of likely N-dealkylation sites (tertiary alicyclic amines) is 2. The van der Waals surface area contributed by atoms with Crippen LogP contribution in [0.5, 0.6) is 0 Å². The van der Waals surface area contributed by atoms with Crippen molar-refractivity contribution in [1.82, 2.24) is 40.4 Å². The zero-order valence-electron chi connectivity index (χ0n) is 34.5. The predicted octanol–water partition coefficient (Wildman–Crippen LogP) is 7.15. The molecule has 0 spiro atoms. The highest BCUT2D eigenvalue weighted by atomic mass is 16.5. The molecule has 14 nitrogen and oxygen atoms in total. The summed E-state index contributed by atoms with van der Waals surface area (Å²) in [6, 6.07) is 16.3. The molecule has 2 saturated heterocycles. The maximum atomic E-state index is 14.0.